The van der Waals surface area contributed by atoms with Gasteiger partial charge in [0.15, 0.2) is 0 Å². The molecule has 4 nitrogen and oxygen atoms in total. The topological polar surface area (TPSA) is 61.8 Å². The van der Waals surface area contributed by atoms with Gasteiger partial charge in [-0.3, -0.25) is 0 Å². The number of aliphatic hydroxyl groups is 1. The molecule has 3 rings (SSSR count). The Morgan fingerprint density at radius 3 is 2.88 bits per heavy atom. The number of fused-ring (bicyclic) bond motifs is 1. The molecule has 1 fully saturated rings. The average Bonchev–Trinajstić information content (AvgIpc) is 2.63. The lowest BCUT2D eigenvalue weighted by molar-refractivity contribution is 0.0709. The van der Waals surface area contributed by atoms with E-state index < -0.39 is 0 Å². The third-order valence-electron chi connectivity index (χ3n) is 3.54. The van der Waals surface area contributed by atoms with E-state index in [1.165, 1.54) is 0 Å². The van der Waals surface area contributed by atoms with Crippen LogP contribution in [0.5, 0.6) is 0 Å². The number of nitriles is 1. The second kappa shape index (κ2) is 3.57. The smallest absolute Gasteiger partial charge is 0.112 e. The third-order valence-corrected chi connectivity index (χ3v) is 3.54. The Labute approximate surface area is 99.1 Å². The third kappa shape index (κ3) is 1.43. The quantitative estimate of drug-likeness (QED) is 0.806. The predicted octanol–water partition coefficient (Wildman–Crippen LogP) is 1.68. The van der Waals surface area contributed by atoms with E-state index in [1.807, 2.05) is 23.7 Å². The molecule has 86 valence electrons. The van der Waals surface area contributed by atoms with Gasteiger partial charge in [0.05, 0.1) is 17.2 Å². The molecule has 0 saturated heterocycles. The van der Waals surface area contributed by atoms with E-state index in [0.29, 0.717) is 11.5 Å². The van der Waals surface area contributed by atoms with E-state index in [1.54, 1.807) is 6.07 Å². The van der Waals surface area contributed by atoms with E-state index in [-0.39, 0.29) is 6.10 Å². The predicted molar refractivity (Wildman–Crippen MR) is 63.4 cm³/mol. The van der Waals surface area contributed by atoms with Crippen molar-refractivity contribution in [2.24, 2.45) is 7.05 Å². The molecule has 1 saturated carbocycles. The van der Waals surface area contributed by atoms with Crippen LogP contribution in [-0.2, 0) is 7.05 Å². The Balaban J connectivity index is 2.15. The Bertz CT molecular complexity index is 617. The molecule has 1 aliphatic carbocycles. The molecule has 1 aromatic carbocycles. The van der Waals surface area contributed by atoms with Crippen molar-refractivity contribution in [1.29, 1.82) is 5.26 Å². The summed E-state index contributed by atoms with van der Waals surface area (Å²) in [4.78, 5) is 4.57. The molecule has 2 aromatic rings. The number of aromatic nitrogens is 2. The van der Waals surface area contributed by atoms with Crippen molar-refractivity contribution in [2.45, 2.75) is 24.9 Å². The molecule has 1 aliphatic rings. The van der Waals surface area contributed by atoms with Crippen LogP contribution in [0.2, 0.25) is 0 Å². The van der Waals surface area contributed by atoms with Gasteiger partial charge in [-0.15, -0.1) is 0 Å². The van der Waals surface area contributed by atoms with Crippen molar-refractivity contribution < 1.29 is 5.11 Å². The number of rotatable bonds is 1. The maximum atomic E-state index is 9.36. The van der Waals surface area contributed by atoms with Gasteiger partial charge in [-0.1, -0.05) is 6.07 Å². The summed E-state index contributed by atoms with van der Waals surface area (Å²) in [6.07, 6.45) is 1.37. The zero-order valence-electron chi connectivity index (χ0n) is 9.59. The molecule has 17 heavy (non-hydrogen) atoms. The van der Waals surface area contributed by atoms with Crippen LogP contribution in [0.3, 0.4) is 0 Å². The van der Waals surface area contributed by atoms with Gasteiger partial charge in [0.2, 0.25) is 0 Å². The first-order valence-electron chi connectivity index (χ1n) is 5.74. The van der Waals surface area contributed by atoms with Crippen molar-refractivity contribution in [3.8, 4) is 6.07 Å². The minimum absolute atomic E-state index is 0.185. The molecule has 0 amide bonds. The Hall–Kier alpha value is -1.86. The van der Waals surface area contributed by atoms with Crippen LogP contribution in [0, 0.1) is 11.3 Å². The van der Waals surface area contributed by atoms with Crippen LogP contribution in [0.15, 0.2) is 18.2 Å². The number of nitrogens with zero attached hydrogens (tertiary/aromatic N) is 3. The van der Waals surface area contributed by atoms with Crippen molar-refractivity contribution >= 4 is 11.0 Å². The van der Waals surface area contributed by atoms with E-state index in [2.05, 4.69) is 11.1 Å². The van der Waals surface area contributed by atoms with Crippen molar-refractivity contribution in [3.05, 3.63) is 29.6 Å². The van der Waals surface area contributed by atoms with Gasteiger partial charge in [0.1, 0.15) is 17.4 Å². The van der Waals surface area contributed by atoms with Crippen molar-refractivity contribution in [2.75, 3.05) is 0 Å². The van der Waals surface area contributed by atoms with E-state index in [4.69, 9.17) is 5.26 Å². The highest BCUT2D eigenvalue weighted by Gasteiger charge is 2.32. The summed E-state index contributed by atoms with van der Waals surface area (Å²) < 4.78 is 2.03. The van der Waals surface area contributed by atoms with E-state index in [9.17, 15) is 5.11 Å². The SMILES string of the molecule is Cn1c(C2CC(O)C2)nc2c(C#N)cccc21. The molecule has 0 spiro atoms. The largest absolute Gasteiger partial charge is 0.393 e. The summed E-state index contributed by atoms with van der Waals surface area (Å²) in [6, 6.07) is 7.81. The van der Waals surface area contributed by atoms with Crippen LogP contribution < -0.4 is 0 Å². The number of benzene rings is 1. The van der Waals surface area contributed by atoms with Gasteiger partial charge < -0.3 is 9.67 Å². The second-order valence-electron chi connectivity index (χ2n) is 4.64. The summed E-state index contributed by atoms with van der Waals surface area (Å²) in [6.45, 7) is 0. The Kier molecular flexibility index (Phi) is 2.17. The van der Waals surface area contributed by atoms with Gasteiger partial charge >= 0.3 is 0 Å². The van der Waals surface area contributed by atoms with Gasteiger partial charge in [0.25, 0.3) is 0 Å². The zero-order chi connectivity index (χ0) is 12.0. The standard InChI is InChI=1S/C13H13N3O/c1-16-11-4-2-3-8(7-14)12(11)15-13(16)9-5-10(17)6-9/h2-4,9-10,17H,5-6H2,1H3. The number of aryl methyl sites for hydroxylation is 1. The van der Waals surface area contributed by atoms with Crippen molar-refractivity contribution in [3.63, 3.8) is 0 Å². The first-order chi connectivity index (χ1) is 8.20. The highest BCUT2D eigenvalue weighted by atomic mass is 16.3. The highest BCUT2D eigenvalue weighted by molar-refractivity contribution is 5.82. The van der Waals surface area contributed by atoms with E-state index in [0.717, 1.165) is 29.7 Å². The first kappa shape index (κ1) is 10.3. The second-order valence-corrected chi connectivity index (χ2v) is 4.64. The van der Waals surface area contributed by atoms with Gasteiger partial charge in [-0.05, 0) is 25.0 Å². The monoisotopic (exact) mass is 227 g/mol. The minimum atomic E-state index is -0.185. The number of aliphatic hydroxyl groups excluding tert-OH is 1. The van der Waals surface area contributed by atoms with Gasteiger partial charge in [-0.25, -0.2) is 4.98 Å². The summed E-state index contributed by atoms with van der Waals surface area (Å²) in [7, 11) is 1.97. The maximum absolute atomic E-state index is 9.36. The molecule has 4 heteroatoms. The molecular formula is C13H13N3O. The first-order valence-corrected chi connectivity index (χ1v) is 5.74. The molecule has 0 unspecified atom stereocenters. The molecule has 0 aliphatic heterocycles. The summed E-state index contributed by atoms with van der Waals surface area (Å²) in [5.41, 5.74) is 2.37. The summed E-state index contributed by atoms with van der Waals surface area (Å²) in [5, 5.41) is 18.4. The fourth-order valence-electron chi connectivity index (χ4n) is 2.49. The highest BCUT2D eigenvalue weighted by Crippen LogP contribution is 2.37. The lowest BCUT2D eigenvalue weighted by atomic mass is 9.82. The van der Waals surface area contributed by atoms with Crippen LogP contribution in [-0.4, -0.2) is 20.8 Å². The molecule has 1 N–H and O–H groups in total. The molecule has 0 radical (unpaired) electrons. The zero-order valence-corrected chi connectivity index (χ0v) is 9.59. The normalized spacial score (nSPS) is 23.4. The summed E-state index contributed by atoms with van der Waals surface area (Å²) >= 11 is 0. The van der Waals surface area contributed by atoms with Gasteiger partial charge in [-0.2, -0.15) is 5.26 Å². The average molecular weight is 227 g/mol. The fraction of sp³-hybridized carbons (Fsp3) is 0.385. The van der Waals surface area contributed by atoms with Crippen LogP contribution in [0.1, 0.15) is 30.1 Å². The lowest BCUT2D eigenvalue weighted by Gasteiger charge is -2.30. The fourth-order valence-corrected chi connectivity index (χ4v) is 2.49. The minimum Gasteiger partial charge on any atom is -0.393 e. The molecule has 1 aromatic heterocycles. The maximum Gasteiger partial charge on any atom is 0.112 e. The van der Waals surface area contributed by atoms with E-state index >= 15 is 0 Å². The van der Waals surface area contributed by atoms with Crippen LogP contribution in [0.4, 0.5) is 0 Å². The molecule has 0 atom stereocenters. The molecule has 0 bridgehead atoms. The lowest BCUT2D eigenvalue weighted by Crippen LogP contribution is -2.28. The molecular weight excluding hydrogens is 214 g/mol. The number of para-hydroxylation sites is 1. The summed E-state index contributed by atoms with van der Waals surface area (Å²) in [5.74, 6) is 1.31. The Morgan fingerprint density at radius 1 is 1.47 bits per heavy atom. The number of hydrogen-bond donors (Lipinski definition) is 1. The molecule has 1 heterocycles. The Morgan fingerprint density at radius 2 is 2.24 bits per heavy atom. The van der Waals surface area contributed by atoms with Crippen molar-refractivity contribution in [1.82, 2.24) is 9.55 Å². The van der Waals surface area contributed by atoms with Gasteiger partial charge in [0, 0.05) is 13.0 Å². The number of imidazole rings is 1. The van der Waals surface area contributed by atoms with Crippen LogP contribution >= 0.6 is 0 Å². The van der Waals surface area contributed by atoms with Crippen LogP contribution in [0.25, 0.3) is 11.0 Å². The number of hydrogen-bond acceptors (Lipinski definition) is 3.